The highest BCUT2D eigenvalue weighted by atomic mass is 19.4. The summed E-state index contributed by atoms with van der Waals surface area (Å²) in [6.07, 6.45) is 2.79. The van der Waals surface area contributed by atoms with Crippen molar-refractivity contribution >= 4 is 23.2 Å². The summed E-state index contributed by atoms with van der Waals surface area (Å²) in [5, 5.41) is 17.5. The zero-order valence-electron chi connectivity index (χ0n) is 19.0. The van der Waals surface area contributed by atoms with Gasteiger partial charge >= 0.3 is 6.36 Å². The molecule has 2 atom stereocenters. The number of hydroxylamine groups is 2. The lowest BCUT2D eigenvalue weighted by atomic mass is 9.95. The summed E-state index contributed by atoms with van der Waals surface area (Å²) >= 11 is 0. The number of allylic oxidation sites excluding steroid dienone is 3. The monoisotopic (exact) mass is 487 g/mol. The first-order valence-electron chi connectivity index (χ1n) is 10.8. The van der Waals surface area contributed by atoms with Crippen LogP contribution in [0, 0.1) is 5.21 Å². The van der Waals surface area contributed by atoms with Crippen LogP contribution in [0.15, 0.2) is 71.1 Å². The fourth-order valence-corrected chi connectivity index (χ4v) is 3.98. The standard InChI is InChI=1S/C24H24F3N5O3/c1-3-34-22-8-5-16-11-18(15-4-7-20(28)17(10-15)12-29-2)14-32(33,23(16)31-22)19-6-9-21(30-13-19)35-24(25,26)27/h4-13,22,31H,3,14,28H2,1-2H3. The number of nitrogens with zero attached hydrogens (tertiary/aromatic N) is 3. The molecule has 0 fully saturated rings. The summed E-state index contributed by atoms with van der Waals surface area (Å²) in [5.41, 5.74) is 9.51. The molecule has 35 heavy (non-hydrogen) atoms. The van der Waals surface area contributed by atoms with E-state index in [2.05, 4.69) is 20.0 Å². The predicted molar refractivity (Wildman–Crippen MR) is 128 cm³/mol. The summed E-state index contributed by atoms with van der Waals surface area (Å²) in [6.45, 7) is 2.20. The summed E-state index contributed by atoms with van der Waals surface area (Å²) in [4.78, 5) is 7.73. The third kappa shape index (κ3) is 5.21. The van der Waals surface area contributed by atoms with Gasteiger partial charge < -0.3 is 25.7 Å². The number of hydrogen-bond donors (Lipinski definition) is 2. The van der Waals surface area contributed by atoms with Gasteiger partial charge in [-0.05, 0) is 42.8 Å². The Morgan fingerprint density at radius 2 is 2.11 bits per heavy atom. The molecule has 2 aliphatic rings. The lowest BCUT2D eigenvalue weighted by Crippen LogP contribution is -2.53. The maximum Gasteiger partial charge on any atom is 0.574 e. The van der Waals surface area contributed by atoms with Crippen LogP contribution in [0.1, 0.15) is 18.1 Å². The number of quaternary nitrogens is 1. The smallest absolute Gasteiger partial charge is 0.574 e. The Bertz CT molecular complexity index is 1220. The van der Waals surface area contributed by atoms with Crippen molar-refractivity contribution in [1.82, 2.24) is 14.9 Å². The van der Waals surface area contributed by atoms with Crippen molar-refractivity contribution in [3.8, 4) is 5.88 Å². The van der Waals surface area contributed by atoms with Crippen LogP contribution in [0.5, 0.6) is 5.88 Å². The fraction of sp³-hybridized carbons (Fsp3) is 0.250. The van der Waals surface area contributed by atoms with Gasteiger partial charge in [0.2, 0.25) is 11.7 Å². The zero-order chi connectivity index (χ0) is 25.2. The number of aliphatic imine (C=N–C) groups is 1. The summed E-state index contributed by atoms with van der Waals surface area (Å²) in [7, 11) is 1.63. The lowest BCUT2D eigenvalue weighted by Gasteiger charge is -2.47. The third-order valence-corrected chi connectivity index (χ3v) is 5.52. The number of rotatable bonds is 6. The molecule has 0 aliphatic carbocycles. The van der Waals surface area contributed by atoms with Crippen LogP contribution in [-0.2, 0) is 4.74 Å². The minimum atomic E-state index is -4.88. The van der Waals surface area contributed by atoms with Crippen LogP contribution in [0.2, 0.25) is 0 Å². The largest absolute Gasteiger partial charge is 0.620 e. The summed E-state index contributed by atoms with van der Waals surface area (Å²) in [5.74, 6) is -0.354. The average molecular weight is 487 g/mol. The predicted octanol–water partition coefficient (Wildman–Crippen LogP) is 4.25. The van der Waals surface area contributed by atoms with E-state index in [1.165, 1.54) is 6.07 Å². The molecule has 4 rings (SSSR count). The van der Waals surface area contributed by atoms with Crippen molar-refractivity contribution in [2.24, 2.45) is 4.99 Å². The van der Waals surface area contributed by atoms with E-state index in [1.54, 1.807) is 31.5 Å². The molecule has 3 N–H and O–H groups in total. The van der Waals surface area contributed by atoms with Crippen LogP contribution in [0.3, 0.4) is 0 Å². The Labute approximate surface area is 200 Å². The normalized spacial score (nSPS) is 22.1. The van der Waals surface area contributed by atoms with E-state index in [1.807, 2.05) is 25.1 Å². The van der Waals surface area contributed by atoms with Crippen molar-refractivity contribution in [2.45, 2.75) is 19.5 Å². The molecule has 0 radical (unpaired) electrons. The molecule has 0 spiro atoms. The molecular formula is C24H24F3N5O3. The maximum atomic E-state index is 14.4. The van der Waals surface area contributed by atoms with Gasteiger partial charge in [0.1, 0.15) is 6.54 Å². The Balaban J connectivity index is 1.77. The van der Waals surface area contributed by atoms with Gasteiger partial charge in [-0.2, -0.15) is 0 Å². The number of nitrogens with one attached hydrogen (secondary N) is 1. The van der Waals surface area contributed by atoms with E-state index >= 15 is 0 Å². The highest BCUT2D eigenvalue weighted by Gasteiger charge is 2.38. The zero-order valence-corrected chi connectivity index (χ0v) is 19.0. The Morgan fingerprint density at radius 1 is 1.31 bits per heavy atom. The highest BCUT2D eigenvalue weighted by Crippen LogP contribution is 2.39. The second-order valence-electron chi connectivity index (χ2n) is 7.88. The van der Waals surface area contributed by atoms with Crippen molar-refractivity contribution in [1.29, 1.82) is 0 Å². The number of pyridine rings is 1. The number of alkyl halides is 3. The molecule has 1 aromatic heterocycles. The quantitative estimate of drug-likeness (QED) is 0.273. The van der Waals surface area contributed by atoms with Crippen LogP contribution < -0.4 is 20.4 Å². The first kappa shape index (κ1) is 24.5. The van der Waals surface area contributed by atoms with E-state index in [4.69, 9.17) is 10.5 Å². The van der Waals surface area contributed by atoms with Crippen molar-refractivity contribution < 1.29 is 22.6 Å². The molecule has 2 unspecified atom stereocenters. The van der Waals surface area contributed by atoms with E-state index in [0.29, 0.717) is 34.8 Å². The Kier molecular flexibility index (Phi) is 6.66. The number of benzene rings is 1. The molecule has 11 heteroatoms. The van der Waals surface area contributed by atoms with Gasteiger partial charge in [-0.1, -0.05) is 6.07 Å². The second kappa shape index (κ2) is 9.53. The van der Waals surface area contributed by atoms with Crippen LogP contribution in [0.25, 0.3) is 5.57 Å². The van der Waals surface area contributed by atoms with Gasteiger partial charge in [-0.25, -0.2) is 4.98 Å². The molecular weight excluding hydrogens is 463 g/mol. The topological polar surface area (TPSA) is 105 Å². The van der Waals surface area contributed by atoms with Gasteiger partial charge in [-0.3, -0.25) is 9.64 Å². The summed E-state index contributed by atoms with van der Waals surface area (Å²) < 4.78 is 46.2. The minimum absolute atomic E-state index is 0.0493. The van der Waals surface area contributed by atoms with Crippen LogP contribution in [0.4, 0.5) is 24.5 Å². The van der Waals surface area contributed by atoms with Crippen LogP contribution in [-0.4, -0.2) is 44.0 Å². The second-order valence-corrected chi connectivity index (χ2v) is 7.88. The summed E-state index contributed by atoms with van der Waals surface area (Å²) in [6, 6.07) is 7.69. The lowest BCUT2D eigenvalue weighted by molar-refractivity contribution is -0.276. The number of halogens is 3. The van der Waals surface area contributed by atoms with Gasteiger partial charge in [0.15, 0.2) is 11.9 Å². The number of hydrogen-bond acceptors (Lipinski definition) is 7. The Hall–Kier alpha value is -3.67. The third-order valence-electron chi connectivity index (χ3n) is 5.52. The van der Waals surface area contributed by atoms with E-state index < -0.39 is 23.1 Å². The SMILES string of the molecule is CCOC1C=CC2=C(N1)[N+]([O-])(c1ccc(OC(F)(F)F)nc1)CC(c1ccc(N)c(C=NC)c1)=C2. The molecule has 0 saturated carbocycles. The number of nitrogen functional groups attached to an aromatic ring is 1. The van der Waals surface area contributed by atoms with Gasteiger partial charge in [0, 0.05) is 48.8 Å². The van der Waals surface area contributed by atoms with E-state index in [-0.39, 0.29) is 12.2 Å². The molecule has 1 aromatic carbocycles. The van der Waals surface area contributed by atoms with E-state index in [0.717, 1.165) is 17.8 Å². The number of dihydropyridines is 1. The first-order valence-corrected chi connectivity index (χ1v) is 10.8. The van der Waals surface area contributed by atoms with Crippen molar-refractivity contribution in [3.05, 3.63) is 82.5 Å². The molecule has 184 valence electrons. The van der Waals surface area contributed by atoms with E-state index in [9.17, 15) is 18.4 Å². The Morgan fingerprint density at radius 3 is 2.77 bits per heavy atom. The average Bonchev–Trinajstić information content (AvgIpc) is 2.80. The molecule has 0 amide bonds. The number of ether oxygens (including phenoxy) is 2. The molecule has 3 heterocycles. The fourth-order valence-electron chi connectivity index (χ4n) is 3.98. The van der Waals surface area contributed by atoms with Crippen molar-refractivity contribution in [3.63, 3.8) is 0 Å². The van der Waals surface area contributed by atoms with Crippen LogP contribution >= 0.6 is 0 Å². The molecule has 2 aliphatic heterocycles. The number of anilines is 1. The van der Waals surface area contributed by atoms with Crippen molar-refractivity contribution in [2.75, 3.05) is 25.9 Å². The molecule has 0 saturated heterocycles. The maximum absolute atomic E-state index is 14.4. The number of nitrogens with two attached hydrogens (primary N) is 1. The highest BCUT2D eigenvalue weighted by molar-refractivity contribution is 5.89. The molecule has 8 nitrogen and oxygen atoms in total. The number of aromatic nitrogens is 1. The first-order chi connectivity index (χ1) is 16.6. The minimum Gasteiger partial charge on any atom is -0.620 e. The molecule has 2 aromatic rings. The van der Waals surface area contributed by atoms with Gasteiger partial charge in [0.05, 0.1) is 11.8 Å². The van der Waals surface area contributed by atoms with Gasteiger partial charge in [-0.15, -0.1) is 13.2 Å². The van der Waals surface area contributed by atoms with Gasteiger partial charge in [0.25, 0.3) is 0 Å². The molecule has 0 bridgehead atoms.